The maximum Gasteiger partial charge on any atom is 0.315 e. The Morgan fingerprint density at radius 1 is 1.14 bits per heavy atom. The summed E-state index contributed by atoms with van der Waals surface area (Å²) in [4.78, 5) is 40.0. The Bertz CT molecular complexity index is 870. The number of nitrogens with one attached hydrogen (secondary N) is 2. The molecule has 6 heteroatoms. The van der Waals surface area contributed by atoms with E-state index in [9.17, 15) is 19.5 Å². The number of carboxylic acid groups (broad SMARTS) is 1. The van der Waals surface area contributed by atoms with E-state index in [2.05, 4.69) is 10.3 Å². The van der Waals surface area contributed by atoms with Gasteiger partial charge in [-0.3, -0.25) is 14.4 Å². The summed E-state index contributed by atoms with van der Waals surface area (Å²) >= 11 is 0. The van der Waals surface area contributed by atoms with Crippen LogP contribution in [-0.4, -0.2) is 34.3 Å². The highest BCUT2D eigenvalue weighted by Gasteiger charge is 2.39. The highest BCUT2D eigenvalue weighted by atomic mass is 16.4. The highest BCUT2D eigenvalue weighted by Crippen LogP contribution is 2.28. The van der Waals surface area contributed by atoms with Crippen LogP contribution in [0.2, 0.25) is 0 Å². The minimum absolute atomic E-state index is 0.0410. The van der Waals surface area contributed by atoms with Crippen LogP contribution in [0.1, 0.15) is 71.3 Å². The lowest BCUT2D eigenvalue weighted by Crippen LogP contribution is -2.46. The molecule has 0 spiro atoms. The fourth-order valence-electron chi connectivity index (χ4n) is 3.71. The molecule has 28 heavy (non-hydrogen) atoms. The maximum atomic E-state index is 12.9. The summed E-state index contributed by atoms with van der Waals surface area (Å²) in [5, 5.41) is 12.7. The summed E-state index contributed by atoms with van der Waals surface area (Å²) < 4.78 is 0. The molecular formula is C22H28N2O4. The van der Waals surface area contributed by atoms with E-state index >= 15 is 0 Å². The molecule has 0 saturated carbocycles. The van der Waals surface area contributed by atoms with Gasteiger partial charge in [0.15, 0.2) is 5.78 Å². The van der Waals surface area contributed by atoms with E-state index in [4.69, 9.17) is 0 Å². The molecule has 1 aromatic carbocycles. The van der Waals surface area contributed by atoms with Crippen molar-refractivity contribution in [1.29, 1.82) is 0 Å². The van der Waals surface area contributed by atoms with E-state index in [0.29, 0.717) is 40.9 Å². The van der Waals surface area contributed by atoms with Gasteiger partial charge in [0.25, 0.3) is 5.91 Å². The number of hydrogen-bond acceptors (Lipinski definition) is 3. The van der Waals surface area contributed by atoms with Crippen LogP contribution in [-0.2, 0) is 16.6 Å². The minimum atomic E-state index is -1.22. The smallest absolute Gasteiger partial charge is 0.315 e. The zero-order valence-electron chi connectivity index (χ0n) is 16.9. The molecule has 1 unspecified atom stereocenters. The predicted molar refractivity (Wildman–Crippen MR) is 108 cm³/mol. The average Bonchev–Trinajstić information content (AvgIpc) is 2.99. The van der Waals surface area contributed by atoms with E-state index in [1.165, 1.54) is 6.92 Å². The average molecular weight is 384 g/mol. The number of carbonyl (C=O) groups is 3. The largest absolute Gasteiger partial charge is 0.481 e. The first-order valence-corrected chi connectivity index (χ1v) is 9.58. The zero-order valence-corrected chi connectivity index (χ0v) is 16.9. The summed E-state index contributed by atoms with van der Waals surface area (Å²) in [6.07, 6.45) is 1.71. The molecular weight excluding hydrogens is 356 g/mol. The lowest BCUT2D eigenvalue weighted by molar-refractivity contribution is -0.143. The quantitative estimate of drug-likeness (QED) is 0.575. The Kier molecular flexibility index (Phi) is 6.78. The molecule has 0 aliphatic rings. The Labute approximate surface area is 165 Å². The number of benzene rings is 1. The van der Waals surface area contributed by atoms with Gasteiger partial charge in [0, 0.05) is 17.8 Å². The monoisotopic (exact) mass is 384 g/mol. The number of Topliss-reactive ketones (excluding diaryl/α,β-unsaturated/α-hetero) is 1. The molecule has 0 bridgehead atoms. The predicted octanol–water partition coefficient (Wildman–Crippen LogP) is 3.64. The molecule has 0 aliphatic heterocycles. The molecule has 1 heterocycles. The number of carbonyl (C=O) groups excluding carboxylic acids is 2. The number of amides is 1. The topological polar surface area (TPSA) is 99.3 Å². The van der Waals surface area contributed by atoms with Crippen LogP contribution in [0, 0.1) is 6.92 Å². The number of ketones is 1. The van der Waals surface area contributed by atoms with Crippen molar-refractivity contribution in [2.75, 3.05) is 6.54 Å². The second kappa shape index (κ2) is 8.87. The van der Waals surface area contributed by atoms with Gasteiger partial charge in [-0.2, -0.15) is 0 Å². The molecule has 0 aliphatic carbocycles. The van der Waals surface area contributed by atoms with Gasteiger partial charge in [-0.1, -0.05) is 50.6 Å². The summed E-state index contributed by atoms with van der Waals surface area (Å²) in [5.41, 5.74) is 1.67. The van der Waals surface area contributed by atoms with Crippen molar-refractivity contribution in [3.05, 3.63) is 58.4 Å². The normalized spacial score (nSPS) is 13.0. The second-order valence-corrected chi connectivity index (χ2v) is 7.07. The fraction of sp³-hybridized carbons (Fsp3) is 0.409. The number of hydrogen-bond donors (Lipinski definition) is 3. The molecule has 3 N–H and O–H groups in total. The van der Waals surface area contributed by atoms with Crippen molar-refractivity contribution in [2.45, 2.75) is 52.4 Å². The second-order valence-electron chi connectivity index (χ2n) is 7.07. The number of aromatic nitrogens is 1. The fourth-order valence-corrected chi connectivity index (χ4v) is 3.71. The van der Waals surface area contributed by atoms with Crippen LogP contribution < -0.4 is 5.32 Å². The van der Waals surface area contributed by atoms with Gasteiger partial charge < -0.3 is 15.4 Å². The Morgan fingerprint density at radius 2 is 1.79 bits per heavy atom. The van der Waals surface area contributed by atoms with Crippen molar-refractivity contribution < 1.29 is 19.5 Å². The van der Waals surface area contributed by atoms with E-state index < -0.39 is 17.3 Å². The van der Waals surface area contributed by atoms with Gasteiger partial charge in [-0.25, -0.2) is 0 Å². The Hall–Kier alpha value is -2.89. The summed E-state index contributed by atoms with van der Waals surface area (Å²) in [6, 6.07) is 8.93. The van der Waals surface area contributed by atoms with Gasteiger partial charge in [0.05, 0.1) is 0 Å². The molecule has 1 aromatic heterocycles. The SMILES string of the molecule is CCCc1c(C(=O)NCC(CC)(C(=O)O)c2ccccc2)[nH]c(C)c1C(C)=O. The lowest BCUT2D eigenvalue weighted by atomic mass is 9.78. The van der Waals surface area contributed by atoms with E-state index in [1.807, 2.05) is 13.0 Å². The Morgan fingerprint density at radius 3 is 2.29 bits per heavy atom. The minimum Gasteiger partial charge on any atom is -0.481 e. The lowest BCUT2D eigenvalue weighted by Gasteiger charge is -2.29. The first-order valence-electron chi connectivity index (χ1n) is 9.58. The van der Waals surface area contributed by atoms with Crippen LogP contribution in [0.5, 0.6) is 0 Å². The molecule has 0 fully saturated rings. The van der Waals surface area contributed by atoms with E-state index in [0.717, 1.165) is 6.42 Å². The maximum absolute atomic E-state index is 12.9. The van der Waals surface area contributed by atoms with Crippen LogP contribution in [0.15, 0.2) is 30.3 Å². The summed E-state index contributed by atoms with van der Waals surface area (Å²) in [7, 11) is 0. The van der Waals surface area contributed by atoms with Crippen molar-refractivity contribution in [2.24, 2.45) is 0 Å². The standard InChI is InChI=1S/C22H28N2O4/c1-5-10-17-18(15(4)25)14(3)24-19(17)20(26)23-13-22(6-2,21(27)28)16-11-8-7-9-12-16/h7-9,11-12,24H,5-6,10,13H2,1-4H3,(H,23,26)(H,27,28). The third-order valence-corrected chi connectivity index (χ3v) is 5.26. The summed E-state index contributed by atoms with van der Waals surface area (Å²) in [5.74, 6) is -1.47. The van der Waals surface area contributed by atoms with E-state index in [-0.39, 0.29) is 12.3 Å². The molecule has 6 nitrogen and oxygen atoms in total. The van der Waals surface area contributed by atoms with Gasteiger partial charge in [0.2, 0.25) is 0 Å². The van der Waals surface area contributed by atoms with Crippen LogP contribution in [0.4, 0.5) is 0 Å². The Balaban J connectivity index is 2.35. The van der Waals surface area contributed by atoms with Crippen molar-refractivity contribution in [1.82, 2.24) is 10.3 Å². The number of aromatic amines is 1. The number of aryl methyl sites for hydroxylation is 1. The molecule has 2 rings (SSSR count). The molecule has 1 amide bonds. The third kappa shape index (κ3) is 4.01. The van der Waals surface area contributed by atoms with Crippen molar-refractivity contribution in [3.8, 4) is 0 Å². The van der Waals surface area contributed by atoms with Crippen LogP contribution in [0.3, 0.4) is 0 Å². The molecule has 0 radical (unpaired) electrons. The molecule has 2 aromatic rings. The van der Waals surface area contributed by atoms with E-state index in [1.54, 1.807) is 38.1 Å². The summed E-state index contributed by atoms with van der Waals surface area (Å²) in [6.45, 7) is 6.99. The molecule has 1 atom stereocenters. The highest BCUT2D eigenvalue weighted by molar-refractivity contribution is 6.02. The number of carboxylic acids is 1. The first-order chi connectivity index (χ1) is 13.3. The first kappa shape index (κ1) is 21.4. The number of aliphatic carboxylic acids is 1. The van der Waals surface area contributed by atoms with Crippen molar-refractivity contribution in [3.63, 3.8) is 0 Å². The number of H-pyrrole nitrogens is 1. The molecule has 0 saturated heterocycles. The molecule has 150 valence electrons. The van der Waals surface area contributed by atoms with Gasteiger partial charge in [0.1, 0.15) is 11.1 Å². The third-order valence-electron chi connectivity index (χ3n) is 5.26. The zero-order chi connectivity index (χ0) is 20.9. The van der Waals surface area contributed by atoms with Gasteiger partial charge in [-0.05, 0) is 37.8 Å². The van der Waals surface area contributed by atoms with Crippen LogP contribution >= 0.6 is 0 Å². The number of rotatable bonds is 9. The van der Waals surface area contributed by atoms with Crippen LogP contribution in [0.25, 0.3) is 0 Å². The van der Waals surface area contributed by atoms with Gasteiger partial charge >= 0.3 is 5.97 Å². The van der Waals surface area contributed by atoms with Crippen molar-refractivity contribution >= 4 is 17.7 Å². The van der Waals surface area contributed by atoms with Gasteiger partial charge in [-0.15, -0.1) is 0 Å².